The van der Waals surface area contributed by atoms with Crippen LogP contribution in [0.15, 0.2) is 40.9 Å². The maximum absolute atomic E-state index is 12.3. The van der Waals surface area contributed by atoms with Crippen LogP contribution in [0.2, 0.25) is 10.0 Å². The van der Waals surface area contributed by atoms with Crippen LogP contribution in [0.25, 0.3) is 0 Å². The number of hydrogen-bond acceptors (Lipinski definition) is 2. The SMILES string of the molecule is CCOc1ccc(Cl)cc1NC(=O)c1cc(Cl)cc(Br)c1. The van der Waals surface area contributed by atoms with Gasteiger partial charge in [0.05, 0.1) is 12.3 Å². The molecule has 0 radical (unpaired) electrons. The molecule has 3 nitrogen and oxygen atoms in total. The van der Waals surface area contributed by atoms with E-state index in [1.54, 1.807) is 36.4 Å². The van der Waals surface area contributed by atoms with Crippen molar-refractivity contribution in [2.75, 3.05) is 11.9 Å². The van der Waals surface area contributed by atoms with E-state index >= 15 is 0 Å². The number of anilines is 1. The van der Waals surface area contributed by atoms with Crippen LogP contribution in [0, 0.1) is 0 Å². The van der Waals surface area contributed by atoms with Crippen LogP contribution in [0.5, 0.6) is 5.75 Å². The van der Waals surface area contributed by atoms with Gasteiger partial charge in [-0.25, -0.2) is 0 Å². The molecule has 2 aromatic rings. The van der Waals surface area contributed by atoms with E-state index in [0.717, 1.165) is 4.47 Å². The molecule has 0 heterocycles. The van der Waals surface area contributed by atoms with Crippen LogP contribution >= 0.6 is 39.1 Å². The van der Waals surface area contributed by atoms with E-state index in [-0.39, 0.29) is 5.91 Å². The predicted octanol–water partition coefficient (Wildman–Crippen LogP) is 5.41. The standard InChI is InChI=1S/C15H12BrCl2NO2/c1-2-21-14-4-3-11(17)8-13(14)19-15(20)9-5-10(16)7-12(18)6-9/h3-8H,2H2,1H3,(H,19,20). The van der Waals surface area contributed by atoms with E-state index in [2.05, 4.69) is 21.2 Å². The van der Waals surface area contributed by atoms with Crippen molar-refractivity contribution in [3.8, 4) is 5.75 Å². The topological polar surface area (TPSA) is 38.3 Å². The second-order valence-corrected chi connectivity index (χ2v) is 5.97. The third-order valence-electron chi connectivity index (χ3n) is 2.61. The van der Waals surface area contributed by atoms with Gasteiger partial charge in [-0.3, -0.25) is 4.79 Å². The highest BCUT2D eigenvalue weighted by Crippen LogP contribution is 2.29. The molecule has 0 atom stereocenters. The highest BCUT2D eigenvalue weighted by molar-refractivity contribution is 9.10. The minimum atomic E-state index is -0.290. The van der Waals surface area contributed by atoms with Gasteiger partial charge in [-0.2, -0.15) is 0 Å². The Morgan fingerprint density at radius 2 is 1.95 bits per heavy atom. The second kappa shape index (κ2) is 7.16. The number of ether oxygens (including phenoxy) is 1. The van der Waals surface area contributed by atoms with Crippen molar-refractivity contribution in [1.82, 2.24) is 0 Å². The van der Waals surface area contributed by atoms with Gasteiger partial charge in [-0.05, 0) is 43.3 Å². The monoisotopic (exact) mass is 387 g/mol. The fraction of sp³-hybridized carbons (Fsp3) is 0.133. The Balaban J connectivity index is 2.28. The molecule has 0 unspecified atom stereocenters. The average Bonchev–Trinajstić information content (AvgIpc) is 2.41. The molecular formula is C15H12BrCl2NO2. The lowest BCUT2D eigenvalue weighted by molar-refractivity contribution is 0.102. The van der Waals surface area contributed by atoms with Gasteiger partial charge in [0, 0.05) is 20.1 Å². The van der Waals surface area contributed by atoms with Crippen molar-refractivity contribution in [2.24, 2.45) is 0 Å². The zero-order chi connectivity index (χ0) is 15.4. The number of rotatable bonds is 4. The molecule has 0 aliphatic rings. The first-order valence-electron chi connectivity index (χ1n) is 6.19. The Morgan fingerprint density at radius 1 is 1.19 bits per heavy atom. The molecule has 1 amide bonds. The summed E-state index contributed by atoms with van der Waals surface area (Å²) >= 11 is 15.2. The zero-order valence-corrected chi connectivity index (χ0v) is 14.2. The van der Waals surface area contributed by atoms with Gasteiger partial charge in [0.25, 0.3) is 5.91 Å². The maximum Gasteiger partial charge on any atom is 0.255 e. The summed E-state index contributed by atoms with van der Waals surface area (Å²) in [6, 6.07) is 10.1. The van der Waals surface area contributed by atoms with Crippen molar-refractivity contribution in [3.63, 3.8) is 0 Å². The first-order chi connectivity index (χ1) is 9.99. The number of nitrogens with one attached hydrogen (secondary N) is 1. The van der Waals surface area contributed by atoms with Crippen LogP contribution in [0.1, 0.15) is 17.3 Å². The van der Waals surface area contributed by atoms with Crippen LogP contribution in [0.4, 0.5) is 5.69 Å². The Kier molecular flexibility index (Phi) is 5.51. The first kappa shape index (κ1) is 16.1. The highest BCUT2D eigenvalue weighted by atomic mass is 79.9. The summed E-state index contributed by atoms with van der Waals surface area (Å²) in [7, 11) is 0. The number of amides is 1. The van der Waals surface area contributed by atoms with Crippen LogP contribution in [-0.4, -0.2) is 12.5 Å². The van der Waals surface area contributed by atoms with Gasteiger partial charge >= 0.3 is 0 Å². The number of hydrogen-bond donors (Lipinski definition) is 1. The molecule has 2 rings (SSSR count). The molecule has 0 saturated heterocycles. The van der Waals surface area contributed by atoms with Gasteiger partial charge < -0.3 is 10.1 Å². The fourth-order valence-corrected chi connectivity index (χ4v) is 2.79. The summed E-state index contributed by atoms with van der Waals surface area (Å²) in [5.41, 5.74) is 0.960. The second-order valence-electron chi connectivity index (χ2n) is 4.19. The van der Waals surface area contributed by atoms with Gasteiger partial charge in [0.2, 0.25) is 0 Å². The zero-order valence-electron chi connectivity index (χ0n) is 11.1. The average molecular weight is 389 g/mol. The summed E-state index contributed by atoms with van der Waals surface area (Å²) in [6.45, 7) is 2.36. The van der Waals surface area contributed by atoms with Crippen LogP contribution < -0.4 is 10.1 Å². The van der Waals surface area contributed by atoms with Crippen molar-refractivity contribution >= 4 is 50.7 Å². The largest absolute Gasteiger partial charge is 0.492 e. The quantitative estimate of drug-likeness (QED) is 0.760. The Bertz CT molecular complexity index is 656. The number of benzene rings is 2. The molecular weight excluding hydrogens is 377 g/mol. The van der Waals surface area contributed by atoms with E-state index in [4.69, 9.17) is 27.9 Å². The van der Waals surface area contributed by atoms with Gasteiger partial charge in [0.15, 0.2) is 0 Å². The minimum absolute atomic E-state index is 0.290. The van der Waals surface area contributed by atoms with Gasteiger partial charge in [-0.1, -0.05) is 39.1 Å². The van der Waals surface area contributed by atoms with Crippen molar-refractivity contribution < 1.29 is 9.53 Å². The molecule has 0 bridgehead atoms. The smallest absolute Gasteiger partial charge is 0.255 e. The molecule has 0 saturated carbocycles. The molecule has 0 aliphatic carbocycles. The lowest BCUT2D eigenvalue weighted by atomic mass is 10.2. The van der Waals surface area contributed by atoms with Crippen molar-refractivity contribution in [2.45, 2.75) is 6.92 Å². The molecule has 0 aromatic heterocycles. The molecule has 0 spiro atoms. The van der Waals surface area contributed by atoms with Gasteiger partial charge in [0.1, 0.15) is 5.75 Å². The van der Waals surface area contributed by atoms with Crippen molar-refractivity contribution in [1.29, 1.82) is 0 Å². The van der Waals surface area contributed by atoms with Gasteiger partial charge in [-0.15, -0.1) is 0 Å². The molecule has 0 fully saturated rings. The normalized spacial score (nSPS) is 10.3. The van der Waals surface area contributed by atoms with E-state index in [9.17, 15) is 4.79 Å². The van der Waals surface area contributed by atoms with E-state index in [0.29, 0.717) is 33.7 Å². The van der Waals surface area contributed by atoms with E-state index in [1.165, 1.54) is 0 Å². The molecule has 6 heteroatoms. The minimum Gasteiger partial charge on any atom is -0.492 e. The first-order valence-corrected chi connectivity index (χ1v) is 7.74. The summed E-state index contributed by atoms with van der Waals surface area (Å²) in [5, 5.41) is 3.77. The molecule has 2 aromatic carbocycles. The summed E-state index contributed by atoms with van der Waals surface area (Å²) in [5.74, 6) is 0.276. The third kappa shape index (κ3) is 4.37. The Morgan fingerprint density at radius 3 is 2.62 bits per heavy atom. The Hall–Kier alpha value is -1.23. The fourth-order valence-electron chi connectivity index (χ4n) is 1.76. The third-order valence-corrected chi connectivity index (χ3v) is 3.53. The highest BCUT2D eigenvalue weighted by Gasteiger charge is 2.12. The molecule has 21 heavy (non-hydrogen) atoms. The number of carbonyl (C=O) groups is 1. The van der Waals surface area contributed by atoms with Crippen LogP contribution in [-0.2, 0) is 0 Å². The van der Waals surface area contributed by atoms with E-state index in [1.807, 2.05) is 6.92 Å². The lowest BCUT2D eigenvalue weighted by Crippen LogP contribution is -2.13. The van der Waals surface area contributed by atoms with Crippen LogP contribution in [0.3, 0.4) is 0 Å². The number of halogens is 3. The predicted molar refractivity (Wildman–Crippen MR) is 89.7 cm³/mol. The summed E-state index contributed by atoms with van der Waals surface area (Å²) in [4.78, 5) is 12.3. The molecule has 0 aliphatic heterocycles. The molecule has 1 N–H and O–H groups in total. The summed E-state index contributed by atoms with van der Waals surface area (Å²) in [6.07, 6.45) is 0. The van der Waals surface area contributed by atoms with E-state index < -0.39 is 0 Å². The molecule has 110 valence electrons. The van der Waals surface area contributed by atoms with Crippen molar-refractivity contribution in [3.05, 3.63) is 56.5 Å². The summed E-state index contributed by atoms with van der Waals surface area (Å²) < 4.78 is 6.20. The number of carbonyl (C=O) groups excluding carboxylic acids is 1. The lowest BCUT2D eigenvalue weighted by Gasteiger charge is -2.12. The maximum atomic E-state index is 12.3. The Labute approximate surface area is 141 Å².